The molecule has 110 valence electrons. The van der Waals surface area contributed by atoms with Crippen LogP contribution in [0.25, 0.3) is 0 Å². The number of rotatable bonds is 5. The summed E-state index contributed by atoms with van der Waals surface area (Å²) in [6.45, 7) is 0. The molecule has 0 amide bonds. The zero-order chi connectivity index (χ0) is 15.5. The average Bonchev–Trinajstić information content (AvgIpc) is 2.37. The Balaban J connectivity index is 2.18. The van der Waals surface area contributed by atoms with Gasteiger partial charge in [0.05, 0.1) is 5.75 Å². The van der Waals surface area contributed by atoms with E-state index in [4.69, 9.17) is 18.0 Å². The first-order valence-electron chi connectivity index (χ1n) is 6.00. The van der Waals surface area contributed by atoms with Crippen LogP contribution in [-0.2, 0) is 15.8 Å². The first-order chi connectivity index (χ1) is 9.85. The van der Waals surface area contributed by atoms with E-state index in [1.165, 1.54) is 0 Å². The summed E-state index contributed by atoms with van der Waals surface area (Å²) in [6, 6.07) is 14.1. The molecule has 2 aromatic carbocycles. The third kappa shape index (κ3) is 4.94. The highest BCUT2D eigenvalue weighted by Crippen LogP contribution is 2.16. The minimum atomic E-state index is -3.48. The smallest absolute Gasteiger partial charge is 0.236 e. The second-order valence-corrected chi connectivity index (χ2v) is 7.84. The minimum absolute atomic E-state index is 0.130. The fourth-order valence-electron chi connectivity index (χ4n) is 1.80. The summed E-state index contributed by atoms with van der Waals surface area (Å²) in [5, 5.41) is 0. The summed E-state index contributed by atoms with van der Waals surface area (Å²) < 4.78 is 27.9. The van der Waals surface area contributed by atoms with Gasteiger partial charge in [0, 0.05) is 14.8 Å². The molecule has 0 aliphatic heterocycles. The van der Waals surface area contributed by atoms with E-state index in [1.807, 2.05) is 6.07 Å². The monoisotopic (exact) mass is 432 g/mol. The molecule has 7 heteroatoms. The number of thiocarbonyl (C=S) groups is 1. The minimum Gasteiger partial charge on any atom is -0.389 e. The van der Waals surface area contributed by atoms with E-state index in [2.05, 4.69) is 27.3 Å². The van der Waals surface area contributed by atoms with Gasteiger partial charge in [0.25, 0.3) is 0 Å². The predicted octanol–water partition coefficient (Wildman–Crippen LogP) is 2.87. The van der Waals surface area contributed by atoms with Crippen molar-refractivity contribution >= 4 is 55.5 Å². The summed E-state index contributed by atoms with van der Waals surface area (Å²) in [5.41, 5.74) is 7.40. The highest BCUT2D eigenvalue weighted by molar-refractivity contribution is 14.1. The lowest BCUT2D eigenvalue weighted by atomic mass is 10.1. The van der Waals surface area contributed by atoms with Gasteiger partial charge in [-0.15, -0.1) is 0 Å². The average molecular weight is 432 g/mol. The van der Waals surface area contributed by atoms with Crippen LogP contribution in [0.3, 0.4) is 0 Å². The summed E-state index contributed by atoms with van der Waals surface area (Å²) in [4.78, 5) is 0.250. The van der Waals surface area contributed by atoms with Gasteiger partial charge in [-0.1, -0.05) is 36.5 Å². The highest BCUT2D eigenvalue weighted by atomic mass is 127. The molecule has 0 saturated heterocycles. The SMILES string of the molecule is NC(=S)c1cccc(CS(=O)(=O)Nc2cccc(I)c2)c1. The Morgan fingerprint density at radius 3 is 2.57 bits per heavy atom. The summed E-state index contributed by atoms with van der Waals surface area (Å²) in [5.74, 6) is -0.130. The van der Waals surface area contributed by atoms with Crippen molar-refractivity contribution in [3.63, 3.8) is 0 Å². The number of hydrogen-bond acceptors (Lipinski definition) is 3. The number of anilines is 1. The van der Waals surface area contributed by atoms with Crippen LogP contribution in [0.5, 0.6) is 0 Å². The molecule has 3 N–H and O–H groups in total. The quantitative estimate of drug-likeness (QED) is 0.563. The van der Waals surface area contributed by atoms with E-state index < -0.39 is 10.0 Å². The van der Waals surface area contributed by atoms with Crippen LogP contribution in [-0.4, -0.2) is 13.4 Å². The molecule has 2 aromatic rings. The molecule has 4 nitrogen and oxygen atoms in total. The number of sulfonamides is 1. The van der Waals surface area contributed by atoms with Crippen LogP contribution in [0, 0.1) is 3.57 Å². The predicted molar refractivity (Wildman–Crippen MR) is 97.7 cm³/mol. The lowest BCUT2D eigenvalue weighted by molar-refractivity contribution is 0.600. The topological polar surface area (TPSA) is 72.2 Å². The van der Waals surface area contributed by atoms with Gasteiger partial charge in [-0.25, -0.2) is 8.42 Å². The maximum Gasteiger partial charge on any atom is 0.236 e. The number of nitrogens with two attached hydrogens (primary N) is 1. The maximum atomic E-state index is 12.2. The molecule has 0 spiro atoms. The fraction of sp³-hybridized carbons (Fsp3) is 0.0714. The van der Waals surface area contributed by atoms with Crippen molar-refractivity contribution in [1.29, 1.82) is 0 Å². The van der Waals surface area contributed by atoms with Crippen molar-refractivity contribution in [3.8, 4) is 0 Å². The van der Waals surface area contributed by atoms with Gasteiger partial charge in [0.1, 0.15) is 4.99 Å². The summed E-state index contributed by atoms with van der Waals surface area (Å²) >= 11 is 7.02. The Morgan fingerprint density at radius 2 is 1.90 bits per heavy atom. The van der Waals surface area contributed by atoms with Gasteiger partial charge in [-0.2, -0.15) is 0 Å². The molecule has 0 aliphatic carbocycles. The van der Waals surface area contributed by atoms with Crippen LogP contribution in [0.4, 0.5) is 5.69 Å². The van der Waals surface area contributed by atoms with Gasteiger partial charge in [0.15, 0.2) is 0 Å². The van der Waals surface area contributed by atoms with E-state index >= 15 is 0 Å². The number of benzene rings is 2. The third-order valence-electron chi connectivity index (χ3n) is 2.67. The van der Waals surface area contributed by atoms with Gasteiger partial charge in [-0.05, 0) is 52.4 Å². The Bertz CT molecular complexity index is 776. The molecular formula is C14H13IN2O2S2. The lowest BCUT2D eigenvalue weighted by Gasteiger charge is -2.09. The Kier molecular flexibility index (Phi) is 5.17. The van der Waals surface area contributed by atoms with Crippen LogP contribution < -0.4 is 10.5 Å². The molecule has 2 rings (SSSR count). The summed E-state index contributed by atoms with van der Waals surface area (Å²) in [6.07, 6.45) is 0. The van der Waals surface area contributed by atoms with E-state index in [-0.39, 0.29) is 10.7 Å². The number of halogens is 1. The summed E-state index contributed by atoms with van der Waals surface area (Å²) in [7, 11) is -3.48. The molecule has 0 fully saturated rings. The van der Waals surface area contributed by atoms with Crippen molar-refractivity contribution in [2.45, 2.75) is 5.75 Å². The molecule has 0 unspecified atom stereocenters. The van der Waals surface area contributed by atoms with Crippen molar-refractivity contribution in [1.82, 2.24) is 0 Å². The molecule has 0 saturated carbocycles. The van der Waals surface area contributed by atoms with Gasteiger partial charge in [0.2, 0.25) is 10.0 Å². The molecular weight excluding hydrogens is 419 g/mol. The van der Waals surface area contributed by atoms with Gasteiger partial charge < -0.3 is 5.73 Å². The van der Waals surface area contributed by atoms with Crippen molar-refractivity contribution in [2.24, 2.45) is 5.73 Å². The maximum absolute atomic E-state index is 12.2. The Labute approximate surface area is 142 Å². The molecule has 21 heavy (non-hydrogen) atoms. The van der Waals surface area contributed by atoms with E-state index in [0.29, 0.717) is 16.8 Å². The molecule has 0 heterocycles. The van der Waals surface area contributed by atoms with Crippen molar-refractivity contribution < 1.29 is 8.42 Å². The Morgan fingerprint density at radius 1 is 1.19 bits per heavy atom. The normalized spacial score (nSPS) is 11.1. The second kappa shape index (κ2) is 6.71. The molecule has 0 aromatic heterocycles. The lowest BCUT2D eigenvalue weighted by Crippen LogP contribution is -2.16. The van der Waals surface area contributed by atoms with Crippen LogP contribution >= 0.6 is 34.8 Å². The van der Waals surface area contributed by atoms with Gasteiger partial charge >= 0.3 is 0 Å². The van der Waals surface area contributed by atoms with Crippen LogP contribution in [0.2, 0.25) is 0 Å². The Hall–Kier alpha value is -1.19. The number of hydrogen-bond donors (Lipinski definition) is 2. The van der Waals surface area contributed by atoms with Crippen LogP contribution in [0.15, 0.2) is 48.5 Å². The second-order valence-electron chi connectivity index (χ2n) is 4.44. The highest BCUT2D eigenvalue weighted by Gasteiger charge is 2.12. The standard InChI is InChI=1S/C14H13IN2O2S2/c15-12-5-2-6-13(8-12)17-21(18,19)9-10-3-1-4-11(7-10)14(16)20/h1-8,17H,9H2,(H2,16,20). The molecule has 0 radical (unpaired) electrons. The molecule has 0 aliphatic rings. The van der Waals surface area contributed by atoms with Crippen molar-refractivity contribution in [3.05, 3.63) is 63.2 Å². The first-order valence-corrected chi connectivity index (χ1v) is 9.14. The van der Waals surface area contributed by atoms with E-state index in [0.717, 1.165) is 3.57 Å². The molecule has 0 bridgehead atoms. The fourth-order valence-corrected chi connectivity index (χ4v) is 3.65. The van der Waals surface area contributed by atoms with Gasteiger partial charge in [-0.3, -0.25) is 4.72 Å². The van der Waals surface area contributed by atoms with Crippen LogP contribution in [0.1, 0.15) is 11.1 Å². The first kappa shape index (κ1) is 16.2. The van der Waals surface area contributed by atoms with E-state index in [9.17, 15) is 8.42 Å². The zero-order valence-electron chi connectivity index (χ0n) is 10.9. The largest absolute Gasteiger partial charge is 0.389 e. The van der Waals surface area contributed by atoms with Crippen molar-refractivity contribution in [2.75, 3.05) is 4.72 Å². The van der Waals surface area contributed by atoms with E-state index in [1.54, 1.807) is 42.5 Å². The zero-order valence-corrected chi connectivity index (χ0v) is 14.7. The number of nitrogens with one attached hydrogen (secondary N) is 1. The molecule has 0 atom stereocenters. The third-order valence-corrected chi connectivity index (χ3v) is 4.83.